The smallest absolute Gasteiger partial charge is 0.243 e. The second-order valence-corrected chi connectivity index (χ2v) is 14.3. The van der Waals surface area contributed by atoms with Crippen LogP contribution >= 0.6 is 23.2 Å². The Morgan fingerprint density at radius 1 is 1.03 bits per heavy atom. The first kappa shape index (κ1) is 31.8. The second-order valence-electron chi connectivity index (χ2n) is 9.38. The Labute approximate surface area is 241 Å². The summed E-state index contributed by atoms with van der Waals surface area (Å²) < 4.78 is 59.7. The number of hydrogen-bond donors (Lipinski definition) is 0. The number of rotatable bonds is 13. The summed E-state index contributed by atoms with van der Waals surface area (Å²) in [5.41, 5.74) is 0.798. The van der Waals surface area contributed by atoms with E-state index < -0.39 is 20.0 Å². The molecule has 1 aliphatic heterocycles. The van der Waals surface area contributed by atoms with Crippen LogP contribution in [-0.2, 0) is 36.1 Å². The van der Waals surface area contributed by atoms with Gasteiger partial charge in [0.25, 0.3) is 0 Å². The molecule has 0 radical (unpaired) electrons. The number of sulfonamides is 2. The van der Waals surface area contributed by atoms with Crippen LogP contribution in [0.15, 0.2) is 53.4 Å². The molecule has 1 heterocycles. The Bertz CT molecular complexity index is 1320. The number of ether oxygens (including phenoxy) is 1. The summed E-state index contributed by atoms with van der Waals surface area (Å²) in [6.45, 7) is 2.33. The van der Waals surface area contributed by atoms with E-state index in [0.717, 1.165) is 5.56 Å². The van der Waals surface area contributed by atoms with E-state index in [9.17, 15) is 21.6 Å². The lowest BCUT2D eigenvalue weighted by Gasteiger charge is -2.39. The van der Waals surface area contributed by atoms with Crippen molar-refractivity contribution in [2.75, 3.05) is 45.6 Å². The minimum Gasteiger partial charge on any atom is -0.383 e. The lowest BCUT2D eigenvalue weighted by Crippen LogP contribution is -2.51. The van der Waals surface area contributed by atoms with E-state index in [-0.39, 0.29) is 61.9 Å². The summed E-state index contributed by atoms with van der Waals surface area (Å²) in [5, 5.41) is 0.972. The van der Waals surface area contributed by atoms with Crippen molar-refractivity contribution in [3.05, 3.63) is 64.1 Å². The van der Waals surface area contributed by atoms with Crippen LogP contribution in [-0.4, -0.2) is 87.9 Å². The van der Waals surface area contributed by atoms with Crippen LogP contribution in [0.1, 0.15) is 31.7 Å². The zero-order valence-corrected chi connectivity index (χ0v) is 25.3. The molecule has 39 heavy (non-hydrogen) atoms. The van der Waals surface area contributed by atoms with Crippen molar-refractivity contribution in [2.24, 2.45) is 0 Å². The molecule has 1 fully saturated rings. The van der Waals surface area contributed by atoms with Gasteiger partial charge in [0.2, 0.25) is 26.0 Å². The second kappa shape index (κ2) is 14.2. The third-order valence-electron chi connectivity index (χ3n) is 6.59. The lowest BCUT2D eigenvalue weighted by atomic mass is 10.0. The molecule has 0 aromatic heterocycles. The Hall–Kier alpha value is -1.73. The molecular formula is C26H35Cl2N3O6S2. The van der Waals surface area contributed by atoms with Gasteiger partial charge in [-0.25, -0.2) is 16.8 Å². The maximum absolute atomic E-state index is 13.7. The third kappa shape index (κ3) is 8.63. The summed E-state index contributed by atoms with van der Waals surface area (Å²) >= 11 is 12.1. The van der Waals surface area contributed by atoms with Crippen LogP contribution in [0.25, 0.3) is 0 Å². The molecule has 2 aromatic rings. The number of piperidine rings is 1. The van der Waals surface area contributed by atoms with Crippen LogP contribution in [0.4, 0.5) is 0 Å². The number of carbonyl (C=O) groups excluding carboxylic acids is 1. The highest BCUT2D eigenvalue weighted by Crippen LogP contribution is 2.26. The zero-order chi connectivity index (χ0) is 28.6. The highest BCUT2D eigenvalue weighted by molar-refractivity contribution is 7.89. The molecule has 0 aliphatic carbocycles. The van der Waals surface area contributed by atoms with Gasteiger partial charge in [0, 0.05) is 49.4 Å². The Morgan fingerprint density at radius 3 is 2.28 bits per heavy atom. The molecule has 1 aliphatic rings. The molecule has 1 amide bonds. The fourth-order valence-corrected chi connectivity index (χ4v) is 7.78. The van der Waals surface area contributed by atoms with Gasteiger partial charge in [-0.1, -0.05) is 42.3 Å². The Morgan fingerprint density at radius 2 is 1.69 bits per heavy atom. The molecule has 216 valence electrons. The van der Waals surface area contributed by atoms with Crippen LogP contribution in [0.5, 0.6) is 0 Å². The van der Waals surface area contributed by atoms with Crippen molar-refractivity contribution in [3.8, 4) is 0 Å². The van der Waals surface area contributed by atoms with Crippen LogP contribution in [0, 0.1) is 0 Å². The fraction of sp³-hybridized carbons (Fsp3) is 0.500. The summed E-state index contributed by atoms with van der Waals surface area (Å²) in [5.74, 6) is -0.427. The van der Waals surface area contributed by atoms with E-state index in [1.807, 2.05) is 6.07 Å². The number of amides is 1. The van der Waals surface area contributed by atoms with Gasteiger partial charge in [0.1, 0.15) is 0 Å². The average Bonchev–Trinajstić information content (AvgIpc) is 2.90. The van der Waals surface area contributed by atoms with E-state index in [2.05, 4.69) is 0 Å². The molecule has 0 bridgehead atoms. The van der Waals surface area contributed by atoms with E-state index in [4.69, 9.17) is 27.9 Å². The first-order valence-corrected chi connectivity index (χ1v) is 16.5. The summed E-state index contributed by atoms with van der Waals surface area (Å²) in [6.07, 6.45) is 1.23. The van der Waals surface area contributed by atoms with Gasteiger partial charge in [-0.15, -0.1) is 0 Å². The first-order valence-electron chi connectivity index (χ1n) is 12.7. The van der Waals surface area contributed by atoms with Gasteiger partial charge in [0.15, 0.2) is 0 Å². The summed E-state index contributed by atoms with van der Waals surface area (Å²) in [6, 6.07) is 12.9. The summed E-state index contributed by atoms with van der Waals surface area (Å²) in [4.78, 5) is 15.5. The molecule has 0 spiro atoms. The standard InChI is InChI=1S/C26H35Cl2N3O6S2/c1-3-17-38(33,34)30(15-16-37-2)20-26(32)31(19-21-5-4-6-23(28)18-21)24-11-13-29(14-12-24)39(35,36)25-9-7-22(27)8-10-25/h4-10,18,24H,3,11-17,19-20H2,1-2H3. The predicted octanol–water partition coefficient (Wildman–Crippen LogP) is 3.86. The molecule has 13 heteroatoms. The van der Waals surface area contributed by atoms with Gasteiger partial charge >= 0.3 is 0 Å². The monoisotopic (exact) mass is 619 g/mol. The van der Waals surface area contributed by atoms with E-state index in [1.54, 1.807) is 30.0 Å². The maximum atomic E-state index is 13.7. The topological polar surface area (TPSA) is 104 Å². The molecule has 1 saturated heterocycles. The van der Waals surface area contributed by atoms with Crippen LogP contribution < -0.4 is 0 Å². The average molecular weight is 621 g/mol. The number of halogens is 2. The molecular weight excluding hydrogens is 585 g/mol. The van der Waals surface area contributed by atoms with E-state index in [0.29, 0.717) is 29.3 Å². The number of nitrogens with zero attached hydrogens (tertiary/aromatic N) is 3. The van der Waals surface area contributed by atoms with Gasteiger partial charge in [-0.3, -0.25) is 4.79 Å². The van der Waals surface area contributed by atoms with Gasteiger partial charge in [0.05, 0.1) is 23.8 Å². The van der Waals surface area contributed by atoms with Gasteiger partial charge in [-0.05, 0) is 61.2 Å². The molecule has 0 saturated carbocycles. The van der Waals surface area contributed by atoms with Crippen LogP contribution in [0.3, 0.4) is 0 Å². The van der Waals surface area contributed by atoms with E-state index >= 15 is 0 Å². The third-order valence-corrected chi connectivity index (χ3v) is 11.0. The highest BCUT2D eigenvalue weighted by Gasteiger charge is 2.35. The lowest BCUT2D eigenvalue weighted by molar-refractivity contribution is -0.135. The minimum atomic E-state index is -3.72. The van der Waals surface area contributed by atoms with Crippen molar-refractivity contribution >= 4 is 49.2 Å². The number of methoxy groups -OCH3 is 1. The van der Waals surface area contributed by atoms with E-state index in [1.165, 1.54) is 40.0 Å². The number of benzene rings is 2. The maximum Gasteiger partial charge on any atom is 0.243 e. The van der Waals surface area contributed by atoms with Crippen molar-refractivity contribution in [2.45, 2.75) is 43.7 Å². The molecule has 0 unspecified atom stereocenters. The largest absolute Gasteiger partial charge is 0.383 e. The van der Waals surface area contributed by atoms with Gasteiger partial charge < -0.3 is 9.64 Å². The van der Waals surface area contributed by atoms with Crippen LogP contribution in [0.2, 0.25) is 10.0 Å². The minimum absolute atomic E-state index is 0.0629. The quantitative estimate of drug-likeness (QED) is 0.337. The van der Waals surface area contributed by atoms with Crippen molar-refractivity contribution in [3.63, 3.8) is 0 Å². The molecule has 2 aromatic carbocycles. The molecule has 9 nitrogen and oxygen atoms in total. The predicted molar refractivity (Wildman–Crippen MR) is 153 cm³/mol. The molecule has 0 atom stereocenters. The Kier molecular flexibility index (Phi) is 11.6. The fourth-order valence-electron chi connectivity index (χ4n) is 4.54. The van der Waals surface area contributed by atoms with Gasteiger partial charge in [-0.2, -0.15) is 8.61 Å². The normalized spacial score (nSPS) is 15.5. The molecule has 0 N–H and O–H groups in total. The van der Waals surface area contributed by atoms with Crippen molar-refractivity contribution in [1.82, 2.24) is 13.5 Å². The first-order chi connectivity index (χ1) is 18.5. The highest BCUT2D eigenvalue weighted by atomic mass is 35.5. The Balaban J connectivity index is 1.81. The summed E-state index contributed by atoms with van der Waals surface area (Å²) in [7, 11) is -5.90. The van der Waals surface area contributed by atoms with Crippen molar-refractivity contribution in [1.29, 1.82) is 0 Å². The zero-order valence-electron chi connectivity index (χ0n) is 22.1. The number of hydrogen-bond acceptors (Lipinski definition) is 6. The SMILES string of the molecule is CCCS(=O)(=O)N(CCOC)CC(=O)N(Cc1cccc(Cl)c1)C1CCN(S(=O)(=O)c2ccc(Cl)cc2)CC1. The van der Waals surface area contributed by atoms with Crippen molar-refractivity contribution < 1.29 is 26.4 Å². The number of carbonyl (C=O) groups is 1. The molecule has 3 rings (SSSR count).